The zero-order valence-corrected chi connectivity index (χ0v) is 17.1. The molecule has 0 bridgehead atoms. The molecule has 0 fully saturated rings. The molecule has 0 saturated carbocycles. The second-order valence-corrected chi connectivity index (χ2v) is 7.39. The van der Waals surface area contributed by atoms with Crippen LogP contribution in [0.25, 0.3) is 0 Å². The van der Waals surface area contributed by atoms with E-state index < -0.39 is 0 Å². The fourth-order valence-electron chi connectivity index (χ4n) is 3.25. The van der Waals surface area contributed by atoms with Gasteiger partial charge in [0.25, 0.3) is 0 Å². The molecule has 29 heavy (non-hydrogen) atoms. The van der Waals surface area contributed by atoms with Gasteiger partial charge < -0.3 is 15.4 Å². The molecule has 1 aliphatic carbocycles. The number of carbonyl (C=O) groups excluding carboxylic acids is 1. The number of Topliss-reactive ketones (excluding diaryl/α,β-unsaturated/α-hetero) is 1. The molecule has 2 aromatic carbocycles. The molecule has 8 heteroatoms. The zero-order chi connectivity index (χ0) is 20.4. The van der Waals surface area contributed by atoms with Gasteiger partial charge in [0.05, 0.1) is 34.1 Å². The average molecular weight is 429 g/mol. The normalized spacial score (nSPS) is 13.0. The minimum Gasteiger partial charge on any atom is -0.495 e. The van der Waals surface area contributed by atoms with Crippen molar-refractivity contribution < 1.29 is 9.53 Å². The summed E-state index contributed by atoms with van der Waals surface area (Å²) in [7, 11) is 1.60. The van der Waals surface area contributed by atoms with E-state index in [4.69, 9.17) is 27.9 Å². The van der Waals surface area contributed by atoms with Gasteiger partial charge in [-0.1, -0.05) is 35.3 Å². The van der Waals surface area contributed by atoms with E-state index in [0.29, 0.717) is 51.7 Å². The lowest BCUT2D eigenvalue weighted by Gasteiger charge is -2.20. The van der Waals surface area contributed by atoms with Crippen LogP contribution in [0.15, 0.2) is 42.5 Å². The summed E-state index contributed by atoms with van der Waals surface area (Å²) in [6.07, 6.45) is 1.95. The second-order valence-electron chi connectivity index (χ2n) is 6.57. The van der Waals surface area contributed by atoms with Crippen LogP contribution in [0.3, 0.4) is 0 Å². The van der Waals surface area contributed by atoms with E-state index in [0.717, 1.165) is 17.8 Å². The van der Waals surface area contributed by atoms with Crippen molar-refractivity contribution in [2.24, 2.45) is 0 Å². The van der Waals surface area contributed by atoms with Crippen LogP contribution in [0.5, 0.6) is 5.75 Å². The highest BCUT2D eigenvalue weighted by Gasteiger charge is 2.25. The molecule has 148 valence electrons. The molecule has 0 saturated heterocycles. The van der Waals surface area contributed by atoms with Crippen molar-refractivity contribution in [1.82, 2.24) is 9.97 Å². The summed E-state index contributed by atoms with van der Waals surface area (Å²) in [5.74, 6) is 1.52. The molecular formula is C21H18Cl2N4O2. The van der Waals surface area contributed by atoms with Gasteiger partial charge in [-0.25, -0.2) is 4.98 Å². The number of fused-ring (bicyclic) bond motifs is 1. The van der Waals surface area contributed by atoms with E-state index in [1.54, 1.807) is 25.3 Å². The number of benzene rings is 2. The fraction of sp³-hybridized carbons (Fsp3) is 0.190. The number of ether oxygens (including phenoxy) is 1. The minimum absolute atomic E-state index is 0.0256. The van der Waals surface area contributed by atoms with Gasteiger partial charge in [0.2, 0.25) is 5.95 Å². The molecule has 6 nitrogen and oxygen atoms in total. The summed E-state index contributed by atoms with van der Waals surface area (Å²) < 4.78 is 5.38. The zero-order valence-electron chi connectivity index (χ0n) is 15.6. The second kappa shape index (κ2) is 8.27. The topological polar surface area (TPSA) is 76.1 Å². The van der Waals surface area contributed by atoms with Gasteiger partial charge in [-0.15, -0.1) is 0 Å². The largest absolute Gasteiger partial charge is 0.495 e. The Labute approximate surface area is 178 Å². The van der Waals surface area contributed by atoms with Crippen molar-refractivity contribution in [3.05, 3.63) is 63.8 Å². The van der Waals surface area contributed by atoms with Crippen molar-refractivity contribution in [2.45, 2.75) is 19.3 Å². The average Bonchev–Trinajstić information content (AvgIpc) is 2.71. The molecule has 0 aliphatic heterocycles. The Morgan fingerprint density at radius 1 is 1.00 bits per heavy atom. The fourth-order valence-corrected chi connectivity index (χ4v) is 3.55. The number of hydrogen-bond donors (Lipinski definition) is 2. The monoisotopic (exact) mass is 428 g/mol. The Bertz CT molecular complexity index is 1090. The first-order chi connectivity index (χ1) is 14.0. The van der Waals surface area contributed by atoms with Gasteiger partial charge in [-0.05, 0) is 43.2 Å². The van der Waals surface area contributed by atoms with Gasteiger partial charge >= 0.3 is 0 Å². The number of para-hydroxylation sites is 2. The van der Waals surface area contributed by atoms with Crippen molar-refractivity contribution >= 4 is 52.1 Å². The Kier molecular flexibility index (Phi) is 5.56. The molecule has 1 aromatic heterocycles. The Balaban J connectivity index is 1.75. The number of anilines is 4. The van der Waals surface area contributed by atoms with Crippen molar-refractivity contribution in [2.75, 3.05) is 17.7 Å². The predicted molar refractivity (Wildman–Crippen MR) is 115 cm³/mol. The molecule has 1 heterocycles. The molecule has 0 atom stereocenters. The first-order valence-corrected chi connectivity index (χ1v) is 9.87. The smallest absolute Gasteiger partial charge is 0.229 e. The molecule has 0 spiro atoms. The third-order valence-corrected chi connectivity index (χ3v) is 5.36. The van der Waals surface area contributed by atoms with Crippen LogP contribution in [0.2, 0.25) is 10.0 Å². The number of nitrogens with zero attached hydrogens (tertiary/aromatic N) is 2. The summed E-state index contributed by atoms with van der Waals surface area (Å²) in [4.78, 5) is 21.7. The number of hydrogen-bond acceptors (Lipinski definition) is 6. The maximum Gasteiger partial charge on any atom is 0.229 e. The van der Waals surface area contributed by atoms with Gasteiger partial charge in [0.15, 0.2) is 5.78 Å². The SMILES string of the molecule is COc1ccccc1Nc1nc2c(c(Nc3ccc(Cl)c(Cl)c3)n1)C(=O)CCC2. The van der Waals surface area contributed by atoms with E-state index in [1.165, 1.54) is 0 Å². The Morgan fingerprint density at radius 3 is 2.62 bits per heavy atom. The summed E-state index contributed by atoms with van der Waals surface area (Å²) in [5, 5.41) is 7.26. The van der Waals surface area contributed by atoms with Crippen LogP contribution in [-0.2, 0) is 6.42 Å². The lowest BCUT2D eigenvalue weighted by Crippen LogP contribution is -2.18. The summed E-state index contributed by atoms with van der Waals surface area (Å²) >= 11 is 12.1. The number of aryl methyl sites for hydroxylation is 1. The van der Waals surface area contributed by atoms with Gasteiger partial charge in [0, 0.05) is 12.1 Å². The standard InChI is InChI=1S/C21H18Cl2N4O2/c1-29-18-8-3-2-5-15(18)25-21-26-16-6-4-7-17(28)19(16)20(27-21)24-12-9-10-13(22)14(23)11-12/h2-3,5,8-11H,4,6-7H2,1H3,(H2,24,25,26,27). The quantitative estimate of drug-likeness (QED) is 0.534. The van der Waals surface area contributed by atoms with E-state index in [9.17, 15) is 4.79 Å². The Hall–Kier alpha value is -2.83. The number of ketones is 1. The number of carbonyl (C=O) groups is 1. The lowest BCUT2D eigenvalue weighted by molar-refractivity contribution is 0.0972. The third kappa shape index (κ3) is 4.13. The highest BCUT2D eigenvalue weighted by atomic mass is 35.5. The number of halogens is 2. The van der Waals surface area contributed by atoms with Gasteiger partial charge in [0.1, 0.15) is 11.6 Å². The van der Waals surface area contributed by atoms with E-state index >= 15 is 0 Å². The maximum absolute atomic E-state index is 12.6. The van der Waals surface area contributed by atoms with Crippen LogP contribution in [-0.4, -0.2) is 22.9 Å². The van der Waals surface area contributed by atoms with Crippen LogP contribution in [0.1, 0.15) is 28.9 Å². The number of aromatic nitrogens is 2. The molecule has 1 aliphatic rings. The summed E-state index contributed by atoms with van der Waals surface area (Å²) in [5.41, 5.74) is 2.66. The highest BCUT2D eigenvalue weighted by molar-refractivity contribution is 6.42. The van der Waals surface area contributed by atoms with Crippen LogP contribution >= 0.6 is 23.2 Å². The summed E-state index contributed by atoms with van der Waals surface area (Å²) in [6.45, 7) is 0. The first-order valence-electron chi connectivity index (χ1n) is 9.11. The number of methoxy groups -OCH3 is 1. The van der Waals surface area contributed by atoms with Gasteiger partial charge in [-0.3, -0.25) is 4.79 Å². The van der Waals surface area contributed by atoms with Crippen LogP contribution in [0.4, 0.5) is 23.1 Å². The maximum atomic E-state index is 12.6. The first kappa shape index (κ1) is 19.5. The van der Waals surface area contributed by atoms with Crippen molar-refractivity contribution in [1.29, 1.82) is 0 Å². The molecule has 0 amide bonds. The number of rotatable bonds is 5. The minimum atomic E-state index is 0.0256. The van der Waals surface area contributed by atoms with Crippen LogP contribution in [0, 0.1) is 0 Å². The Morgan fingerprint density at radius 2 is 1.83 bits per heavy atom. The number of nitrogens with one attached hydrogen (secondary N) is 2. The molecule has 0 radical (unpaired) electrons. The summed E-state index contributed by atoms with van der Waals surface area (Å²) in [6, 6.07) is 12.7. The molecular weight excluding hydrogens is 411 g/mol. The van der Waals surface area contributed by atoms with Gasteiger partial charge in [-0.2, -0.15) is 4.98 Å². The van der Waals surface area contributed by atoms with E-state index in [-0.39, 0.29) is 5.78 Å². The van der Waals surface area contributed by atoms with Crippen LogP contribution < -0.4 is 15.4 Å². The van der Waals surface area contributed by atoms with E-state index in [2.05, 4.69) is 20.6 Å². The molecule has 0 unspecified atom stereocenters. The predicted octanol–water partition coefficient (Wildman–Crippen LogP) is 5.80. The molecule has 2 N–H and O–H groups in total. The molecule has 4 rings (SSSR count). The van der Waals surface area contributed by atoms with E-state index in [1.807, 2.05) is 24.3 Å². The lowest BCUT2D eigenvalue weighted by atomic mass is 9.95. The third-order valence-electron chi connectivity index (χ3n) is 4.62. The molecule has 3 aromatic rings. The van der Waals surface area contributed by atoms with Crippen molar-refractivity contribution in [3.63, 3.8) is 0 Å². The highest BCUT2D eigenvalue weighted by Crippen LogP contribution is 2.33. The van der Waals surface area contributed by atoms with Crippen molar-refractivity contribution in [3.8, 4) is 5.75 Å².